The van der Waals surface area contributed by atoms with Crippen LogP contribution in [0.3, 0.4) is 0 Å². The number of hydrogen-bond donors (Lipinski definition) is 1. The van der Waals surface area contributed by atoms with E-state index in [0.29, 0.717) is 17.4 Å². The van der Waals surface area contributed by atoms with Gasteiger partial charge in [-0.1, -0.05) is 11.6 Å². The summed E-state index contributed by atoms with van der Waals surface area (Å²) < 4.78 is 31.9. The fraction of sp³-hybridized carbons (Fsp3) is 0.143. The highest BCUT2D eigenvalue weighted by atomic mass is 35.5. The predicted molar refractivity (Wildman–Crippen MR) is 74.7 cm³/mol. The van der Waals surface area contributed by atoms with Crippen molar-refractivity contribution in [1.29, 1.82) is 0 Å². The smallest absolute Gasteiger partial charge is 0.258 e. The second kappa shape index (κ2) is 6.49. The minimum Gasteiger partial charge on any atom is -0.492 e. The number of pyridine rings is 1. The Morgan fingerprint density at radius 2 is 2.14 bits per heavy atom. The average Bonchev–Trinajstić information content (AvgIpc) is 2.45. The zero-order valence-electron chi connectivity index (χ0n) is 11.0. The molecule has 0 aliphatic rings. The molecular weight excluding hydrogens is 302 g/mol. The van der Waals surface area contributed by atoms with E-state index in [1.807, 2.05) is 0 Å². The number of rotatable bonds is 4. The van der Waals surface area contributed by atoms with Crippen LogP contribution in [0.25, 0.3) is 0 Å². The fourth-order valence-electron chi connectivity index (χ4n) is 1.66. The van der Waals surface area contributed by atoms with E-state index in [1.54, 1.807) is 19.1 Å². The molecular formula is C14H11ClF2N2O2. The van der Waals surface area contributed by atoms with Gasteiger partial charge in [-0.05, 0) is 31.2 Å². The maximum Gasteiger partial charge on any atom is 0.258 e. The van der Waals surface area contributed by atoms with E-state index >= 15 is 0 Å². The van der Waals surface area contributed by atoms with Crippen LogP contribution < -0.4 is 10.1 Å². The van der Waals surface area contributed by atoms with Gasteiger partial charge in [0.2, 0.25) is 5.95 Å². The largest absolute Gasteiger partial charge is 0.492 e. The third kappa shape index (κ3) is 3.46. The Morgan fingerprint density at radius 3 is 2.86 bits per heavy atom. The number of carbonyl (C=O) groups is 1. The Morgan fingerprint density at radius 1 is 1.38 bits per heavy atom. The van der Waals surface area contributed by atoms with Gasteiger partial charge >= 0.3 is 0 Å². The van der Waals surface area contributed by atoms with E-state index in [-0.39, 0.29) is 5.69 Å². The molecule has 2 rings (SSSR count). The van der Waals surface area contributed by atoms with Crippen molar-refractivity contribution in [2.45, 2.75) is 6.92 Å². The van der Waals surface area contributed by atoms with Gasteiger partial charge < -0.3 is 10.1 Å². The van der Waals surface area contributed by atoms with Crippen molar-refractivity contribution in [3.05, 3.63) is 52.8 Å². The Kier molecular flexibility index (Phi) is 4.70. The van der Waals surface area contributed by atoms with Crippen molar-refractivity contribution in [3.63, 3.8) is 0 Å². The average molecular weight is 313 g/mol. The second-order valence-electron chi connectivity index (χ2n) is 3.99. The third-order valence-corrected chi connectivity index (χ3v) is 2.82. The van der Waals surface area contributed by atoms with Gasteiger partial charge in [0.05, 0.1) is 17.9 Å². The molecule has 1 heterocycles. The van der Waals surface area contributed by atoms with Crippen molar-refractivity contribution in [3.8, 4) is 5.75 Å². The summed E-state index contributed by atoms with van der Waals surface area (Å²) >= 11 is 5.85. The van der Waals surface area contributed by atoms with Crippen LogP contribution in [0.1, 0.15) is 17.3 Å². The van der Waals surface area contributed by atoms with Gasteiger partial charge in [0, 0.05) is 11.2 Å². The summed E-state index contributed by atoms with van der Waals surface area (Å²) in [6, 6.07) is 5.71. The minimum absolute atomic E-state index is 0.269. The molecule has 0 saturated carbocycles. The number of nitrogens with one attached hydrogen (secondary N) is 1. The summed E-state index contributed by atoms with van der Waals surface area (Å²) in [5.41, 5.74) is -0.184. The van der Waals surface area contributed by atoms with Crippen molar-refractivity contribution in [2.75, 3.05) is 11.9 Å². The van der Waals surface area contributed by atoms with Gasteiger partial charge in [0.1, 0.15) is 5.75 Å². The fourth-order valence-corrected chi connectivity index (χ4v) is 1.84. The lowest BCUT2D eigenvalue weighted by Crippen LogP contribution is -2.16. The molecule has 110 valence electrons. The number of aromatic nitrogens is 1. The molecule has 1 aromatic carbocycles. The summed E-state index contributed by atoms with van der Waals surface area (Å²) in [4.78, 5) is 15.1. The number of hydrogen-bond acceptors (Lipinski definition) is 3. The molecule has 0 atom stereocenters. The minimum atomic E-state index is -1.33. The molecule has 0 spiro atoms. The van der Waals surface area contributed by atoms with Crippen LogP contribution in [0.2, 0.25) is 5.02 Å². The van der Waals surface area contributed by atoms with E-state index in [2.05, 4.69) is 10.3 Å². The molecule has 0 saturated heterocycles. The number of benzene rings is 1. The van der Waals surface area contributed by atoms with Gasteiger partial charge in [-0.3, -0.25) is 4.79 Å². The Labute approximate surface area is 124 Å². The quantitative estimate of drug-likeness (QED) is 0.876. The van der Waals surface area contributed by atoms with Crippen LogP contribution >= 0.6 is 11.6 Å². The third-order valence-electron chi connectivity index (χ3n) is 2.58. The number of anilines is 1. The molecule has 1 aromatic heterocycles. The Hall–Kier alpha value is -2.21. The molecule has 4 nitrogen and oxygen atoms in total. The molecule has 0 fully saturated rings. The van der Waals surface area contributed by atoms with Crippen LogP contribution in [0.4, 0.5) is 14.5 Å². The lowest BCUT2D eigenvalue weighted by Gasteiger charge is -2.12. The SMILES string of the molecule is CCOc1ccc(Cl)cc1NC(=O)c1ccnc(F)c1F. The molecule has 0 unspecified atom stereocenters. The monoisotopic (exact) mass is 312 g/mol. The van der Waals surface area contributed by atoms with E-state index < -0.39 is 23.2 Å². The highest BCUT2D eigenvalue weighted by Gasteiger charge is 2.17. The maximum absolute atomic E-state index is 13.5. The molecule has 0 aliphatic heterocycles. The standard InChI is InChI=1S/C14H11ClF2N2O2/c1-2-21-11-4-3-8(15)7-10(11)19-14(20)9-5-6-18-13(17)12(9)16/h3-7H,2H2,1H3,(H,19,20). The number of nitrogens with zero attached hydrogens (tertiary/aromatic N) is 1. The van der Waals surface area contributed by atoms with Gasteiger partial charge in [-0.25, -0.2) is 9.37 Å². The first-order valence-corrected chi connectivity index (χ1v) is 6.44. The number of ether oxygens (including phenoxy) is 1. The zero-order chi connectivity index (χ0) is 15.4. The molecule has 7 heteroatoms. The van der Waals surface area contributed by atoms with Crippen molar-refractivity contribution in [2.24, 2.45) is 0 Å². The van der Waals surface area contributed by atoms with Crippen LogP contribution in [0.15, 0.2) is 30.5 Å². The summed E-state index contributed by atoms with van der Waals surface area (Å²) in [6.45, 7) is 2.15. The molecule has 0 bridgehead atoms. The Balaban J connectivity index is 2.31. The maximum atomic E-state index is 13.5. The van der Waals surface area contributed by atoms with Gasteiger partial charge in [0.15, 0.2) is 5.82 Å². The molecule has 21 heavy (non-hydrogen) atoms. The molecule has 0 aliphatic carbocycles. The molecule has 1 amide bonds. The molecule has 1 N–H and O–H groups in total. The number of halogens is 3. The topological polar surface area (TPSA) is 51.2 Å². The van der Waals surface area contributed by atoms with Crippen molar-refractivity contribution in [1.82, 2.24) is 4.98 Å². The first-order chi connectivity index (χ1) is 10.0. The van der Waals surface area contributed by atoms with Crippen LogP contribution in [0, 0.1) is 11.8 Å². The first kappa shape index (κ1) is 15.2. The summed E-state index contributed by atoms with van der Waals surface area (Å²) in [5, 5.41) is 2.81. The summed E-state index contributed by atoms with van der Waals surface area (Å²) in [7, 11) is 0. The summed E-state index contributed by atoms with van der Waals surface area (Å²) in [6.07, 6.45) is 1.01. The van der Waals surface area contributed by atoms with E-state index in [0.717, 1.165) is 12.3 Å². The van der Waals surface area contributed by atoms with E-state index in [1.165, 1.54) is 6.07 Å². The second-order valence-corrected chi connectivity index (χ2v) is 4.43. The van der Waals surface area contributed by atoms with Crippen LogP contribution in [-0.2, 0) is 0 Å². The predicted octanol–water partition coefficient (Wildman–Crippen LogP) is 3.66. The van der Waals surface area contributed by atoms with Gasteiger partial charge in [-0.2, -0.15) is 4.39 Å². The summed E-state index contributed by atoms with van der Waals surface area (Å²) in [5.74, 6) is -3.09. The highest BCUT2D eigenvalue weighted by molar-refractivity contribution is 6.31. The van der Waals surface area contributed by atoms with Crippen molar-refractivity contribution < 1.29 is 18.3 Å². The van der Waals surface area contributed by atoms with E-state index in [4.69, 9.17) is 16.3 Å². The van der Waals surface area contributed by atoms with Crippen LogP contribution in [-0.4, -0.2) is 17.5 Å². The normalized spacial score (nSPS) is 10.3. The van der Waals surface area contributed by atoms with Crippen LogP contribution in [0.5, 0.6) is 5.75 Å². The van der Waals surface area contributed by atoms with E-state index in [9.17, 15) is 13.6 Å². The zero-order valence-corrected chi connectivity index (χ0v) is 11.7. The first-order valence-electron chi connectivity index (χ1n) is 6.06. The molecule has 2 aromatic rings. The lowest BCUT2D eigenvalue weighted by molar-refractivity contribution is 0.102. The molecule has 0 radical (unpaired) electrons. The number of amides is 1. The number of carbonyl (C=O) groups excluding carboxylic acids is 1. The van der Waals surface area contributed by atoms with Gasteiger partial charge in [0.25, 0.3) is 5.91 Å². The van der Waals surface area contributed by atoms with Crippen molar-refractivity contribution >= 4 is 23.2 Å². The Bertz CT molecular complexity index is 680. The van der Waals surface area contributed by atoms with Gasteiger partial charge in [-0.15, -0.1) is 0 Å². The highest BCUT2D eigenvalue weighted by Crippen LogP contribution is 2.28. The lowest BCUT2D eigenvalue weighted by atomic mass is 10.2.